The molecule has 0 aromatic heterocycles. The lowest BCUT2D eigenvalue weighted by molar-refractivity contribution is -0.143. The average molecular weight is 1300 g/mol. The minimum atomic E-state index is -0.661. The van der Waals surface area contributed by atoms with E-state index in [1.54, 1.807) is 0 Å². The van der Waals surface area contributed by atoms with Crippen molar-refractivity contribution in [2.45, 2.75) is 514 Å². The Morgan fingerprint density at radius 3 is 0.772 bits per heavy atom. The van der Waals surface area contributed by atoms with Gasteiger partial charge in [0.2, 0.25) is 5.91 Å². The monoisotopic (exact) mass is 1300 g/mol. The number of esters is 1. The molecule has 548 valence electrons. The normalized spacial score (nSPS) is 12.4. The van der Waals surface area contributed by atoms with E-state index in [-0.39, 0.29) is 18.5 Å². The summed E-state index contributed by atoms with van der Waals surface area (Å²) in [6.45, 7) is 5.01. The zero-order valence-electron chi connectivity index (χ0n) is 63.1. The van der Waals surface area contributed by atoms with Gasteiger partial charge in [-0.25, -0.2) is 0 Å². The summed E-state index contributed by atoms with van der Waals surface area (Å²) < 4.78 is 5.51. The highest BCUT2D eigenvalue weighted by molar-refractivity contribution is 5.76. The second-order valence-corrected chi connectivity index (χ2v) is 29.9. The molecule has 2 atom stereocenters. The van der Waals surface area contributed by atoms with Crippen LogP contribution in [0.25, 0.3) is 0 Å². The van der Waals surface area contributed by atoms with Crippen LogP contribution in [0.5, 0.6) is 0 Å². The van der Waals surface area contributed by atoms with Gasteiger partial charge < -0.3 is 20.3 Å². The zero-order valence-corrected chi connectivity index (χ0v) is 63.1. The molecule has 0 spiro atoms. The summed E-state index contributed by atoms with van der Waals surface area (Å²) in [5.41, 5.74) is 0. The van der Waals surface area contributed by atoms with Gasteiger partial charge in [0.15, 0.2) is 0 Å². The third-order valence-corrected chi connectivity index (χ3v) is 20.6. The highest BCUT2D eigenvalue weighted by Gasteiger charge is 2.20. The topological polar surface area (TPSA) is 95.9 Å². The van der Waals surface area contributed by atoms with Crippen LogP contribution in [0.15, 0.2) is 12.2 Å². The molecule has 6 nitrogen and oxygen atoms in total. The van der Waals surface area contributed by atoms with Gasteiger partial charge in [0.25, 0.3) is 0 Å². The maximum absolute atomic E-state index is 12.6. The Bertz CT molecular complexity index is 1400. The Morgan fingerprint density at radius 1 is 0.293 bits per heavy atom. The first-order valence-corrected chi connectivity index (χ1v) is 42.9. The maximum Gasteiger partial charge on any atom is 0.305 e. The third-order valence-electron chi connectivity index (χ3n) is 20.6. The number of ether oxygens (including phenoxy) is 1. The second kappa shape index (κ2) is 82.0. The molecule has 0 heterocycles. The third kappa shape index (κ3) is 77.6. The van der Waals surface area contributed by atoms with Crippen LogP contribution in [0.4, 0.5) is 0 Å². The van der Waals surface area contributed by atoms with E-state index in [1.165, 1.54) is 424 Å². The van der Waals surface area contributed by atoms with Crippen molar-refractivity contribution in [1.29, 1.82) is 0 Å². The van der Waals surface area contributed by atoms with E-state index in [0.29, 0.717) is 25.9 Å². The van der Waals surface area contributed by atoms with Crippen molar-refractivity contribution < 1.29 is 24.5 Å². The highest BCUT2D eigenvalue weighted by atomic mass is 16.5. The molecule has 3 N–H and O–H groups in total. The van der Waals surface area contributed by atoms with Crippen molar-refractivity contribution in [1.82, 2.24) is 5.32 Å². The van der Waals surface area contributed by atoms with E-state index in [1.807, 2.05) is 0 Å². The smallest absolute Gasteiger partial charge is 0.305 e. The van der Waals surface area contributed by atoms with Crippen molar-refractivity contribution in [2.75, 3.05) is 13.2 Å². The molecule has 0 rings (SSSR count). The fourth-order valence-corrected chi connectivity index (χ4v) is 14.1. The van der Waals surface area contributed by atoms with Crippen molar-refractivity contribution in [3.8, 4) is 0 Å². The molecule has 0 fully saturated rings. The predicted molar refractivity (Wildman–Crippen MR) is 407 cm³/mol. The standard InChI is InChI=1S/C86H169NO5/c1-3-5-7-9-11-13-15-17-19-21-22-23-41-44-47-50-54-58-62-66-70-74-78-84(89)83(82-88)87-85(90)79-75-71-67-63-59-55-51-48-45-42-39-37-35-33-31-29-27-25-24-26-28-30-32-34-36-38-40-43-46-49-53-57-61-65-69-73-77-81-92-86(91)80-76-72-68-64-60-56-52-20-18-16-14-12-10-8-6-4-2/h20,52,83-84,88-89H,3-19,21-51,53-82H2,1-2H3,(H,87,90)/b52-20-. The van der Waals surface area contributed by atoms with Crippen LogP contribution < -0.4 is 5.32 Å². The largest absolute Gasteiger partial charge is 0.466 e. The second-order valence-electron chi connectivity index (χ2n) is 29.9. The zero-order chi connectivity index (χ0) is 66.3. The number of hydrogen-bond donors (Lipinski definition) is 3. The lowest BCUT2D eigenvalue weighted by atomic mass is 10.0. The Labute approximate surface area is 578 Å². The minimum Gasteiger partial charge on any atom is -0.466 e. The van der Waals surface area contributed by atoms with Crippen molar-refractivity contribution in [2.24, 2.45) is 0 Å². The molecule has 92 heavy (non-hydrogen) atoms. The number of aliphatic hydroxyl groups is 2. The number of nitrogens with one attached hydrogen (secondary N) is 1. The van der Waals surface area contributed by atoms with Crippen LogP contribution >= 0.6 is 0 Å². The first-order chi connectivity index (χ1) is 45.5. The molecule has 2 unspecified atom stereocenters. The number of rotatable bonds is 82. The predicted octanol–water partition coefficient (Wildman–Crippen LogP) is 28.6. The molecule has 0 aliphatic heterocycles. The van der Waals surface area contributed by atoms with Gasteiger partial charge >= 0.3 is 5.97 Å². The summed E-state index contributed by atoms with van der Waals surface area (Å²) in [6, 6.07) is -0.538. The maximum atomic E-state index is 12.6. The number of allylic oxidation sites excluding steroid dienone is 2. The fraction of sp³-hybridized carbons (Fsp3) is 0.953. The number of carbonyl (C=O) groups excluding carboxylic acids is 2. The Hall–Kier alpha value is -1.40. The number of aliphatic hydroxyl groups excluding tert-OH is 2. The molecule has 0 saturated heterocycles. The van der Waals surface area contributed by atoms with Gasteiger partial charge in [-0.3, -0.25) is 9.59 Å². The van der Waals surface area contributed by atoms with Gasteiger partial charge in [0.1, 0.15) is 0 Å². The molecule has 6 heteroatoms. The summed E-state index contributed by atoms with van der Waals surface area (Å²) in [6.07, 6.45) is 105. The van der Waals surface area contributed by atoms with E-state index in [9.17, 15) is 19.8 Å². The van der Waals surface area contributed by atoms with Crippen molar-refractivity contribution in [3.05, 3.63) is 12.2 Å². The van der Waals surface area contributed by atoms with Crippen LogP contribution in [0.3, 0.4) is 0 Å². The summed E-state index contributed by atoms with van der Waals surface area (Å²) in [4.78, 5) is 24.7. The molecule has 0 radical (unpaired) electrons. The summed E-state index contributed by atoms with van der Waals surface area (Å²) in [5, 5.41) is 23.5. The van der Waals surface area contributed by atoms with Crippen LogP contribution in [0, 0.1) is 0 Å². The van der Waals surface area contributed by atoms with Gasteiger partial charge in [0, 0.05) is 12.8 Å². The summed E-state index contributed by atoms with van der Waals surface area (Å²) in [7, 11) is 0. The number of carbonyl (C=O) groups is 2. The van der Waals surface area contributed by atoms with Gasteiger partial charge in [-0.05, 0) is 51.4 Å². The van der Waals surface area contributed by atoms with E-state index in [2.05, 4.69) is 31.3 Å². The molecule has 1 amide bonds. The number of hydrogen-bond acceptors (Lipinski definition) is 5. The SMILES string of the molecule is CCCCCCCCC/C=C\CCCCCCCC(=O)OCCCCCCCCCCCCCCCCCCCCCCCCCCCCCCCCCCCCCCCC(=O)NC(CO)C(O)CCCCCCCCCCCCCCCCCCCCCCCC. The van der Waals surface area contributed by atoms with Gasteiger partial charge in [0.05, 0.1) is 25.4 Å². The lowest BCUT2D eigenvalue weighted by Gasteiger charge is -2.22. The molecule has 0 aromatic carbocycles. The minimum absolute atomic E-state index is 0.0173. The molecule has 0 aliphatic carbocycles. The van der Waals surface area contributed by atoms with Crippen LogP contribution in [0.2, 0.25) is 0 Å². The van der Waals surface area contributed by atoms with Gasteiger partial charge in [-0.2, -0.15) is 0 Å². The first-order valence-electron chi connectivity index (χ1n) is 42.9. The Kier molecular flexibility index (Phi) is 80.8. The summed E-state index contributed by atoms with van der Waals surface area (Å²) >= 11 is 0. The van der Waals surface area contributed by atoms with Crippen molar-refractivity contribution in [3.63, 3.8) is 0 Å². The van der Waals surface area contributed by atoms with Crippen LogP contribution in [-0.2, 0) is 14.3 Å². The van der Waals surface area contributed by atoms with E-state index in [0.717, 1.165) is 44.9 Å². The van der Waals surface area contributed by atoms with Crippen molar-refractivity contribution >= 4 is 11.9 Å². The number of amides is 1. The molecule has 0 saturated carbocycles. The van der Waals surface area contributed by atoms with E-state index in [4.69, 9.17) is 4.74 Å². The molecule has 0 aromatic rings. The molecular weight excluding hydrogens is 1130 g/mol. The average Bonchev–Trinajstić information content (AvgIpc) is 3.61. The van der Waals surface area contributed by atoms with Gasteiger partial charge in [-0.1, -0.05) is 450 Å². The quantitative estimate of drug-likeness (QED) is 0.0320. The van der Waals surface area contributed by atoms with Gasteiger partial charge in [-0.15, -0.1) is 0 Å². The number of unbranched alkanes of at least 4 members (excludes halogenated alkanes) is 69. The fourth-order valence-electron chi connectivity index (χ4n) is 14.1. The molecule has 0 aliphatic rings. The van der Waals surface area contributed by atoms with E-state index < -0.39 is 12.1 Å². The summed E-state index contributed by atoms with van der Waals surface area (Å²) in [5.74, 6) is -0.00560. The van der Waals surface area contributed by atoms with Crippen LogP contribution in [0.1, 0.15) is 502 Å². The van der Waals surface area contributed by atoms with E-state index >= 15 is 0 Å². The lowest BCUT2D eigenvalue weighted by Crippen LogP contribution is -2.45. The molecule has 0 bridgehead atoms. The van der Waals surface area contributed by atoms with Crippen LogP contribution in [-0.4, -0.2) is 47.4 Å². The molecular formula is C86H169NO5. The highest BCUT2D eigenvalue weighted by Crippen LogP contribution is 2.21. The Balaban J connectivity index is 3.30. The Morgan fingerprint density at radius 2 is 0.511 bits per heavy atom. The first kappa shape index (κ1) is 90.6.